The summed E-state index contributed by atoms with van der Waals surface area (Å²) in [5.74, 6) is -0.451. The van der Waals surface area contributed by atoms with E-state index in [1.807, 2.05) is 0 Å². The Morgan fingerprint density at radius 3 is 2.61 bits per heavy atom. The molecule has 0 bridgehead atoms. The fraction of sp³-hybridized carbons (Fsp3) is 0.125. The van der Waals surface area contributed by atoms with Gasteiger partial charge in [-0.1, -0.05) is 12.1 Å². The summed E-state index contributed by atoms with van der Waals surface area (Å²) < 4.78 is 5.33. The number of carbonyl (C=O) groups excluding carboxylic acids is 2. The van der Waals surface area contributed by atoms with Crippen molar-refractivity contribution >= 4 is 17.5 Å². The first-order valence-electron chi connectivity index (χ1n) is 6.83. The van der Waals surface area contributed by atoms with Crippen LogP contribution in [-0.4, -0.2) is 29.1 Å². The Balaban J connectivity index is 2.12. The lowest BCUT2D eigenvalue weighted by molar-refractivity contribution is -0.119. The average Bonchev–Trinajstić information content (AvgIpc) is 2.58. The van der Waals surface area contributed by atoms with Gasteiger partial charge in [0.05, 0.1) is 5.71 Å². The minimum atomic E-state index is -0.569. The first kappa shape index (κ1) is 16.2. The van der Waals surface area contributed by atoms with E-state index in [9.17, 15) is 9.59 Å². The Bertz CT molecular complexity index is 729. The molecule has 0 aliphatic carbocycles. The van der Waals surface area contributed by atoms with Gasteiger partial charge in [0.15, 0.2) is 6.61 Å². The van der Waals surface area contributed by atoms with Crippen molar-refractivity contribution in [3.8, 4) is 5.75 Å². The molecule has 3 N–H and O–H groups in total. The number of para-hydroxylation sites is 1. The summed E-state index contributed by atoms with van der Waals surface area (Å²) in [4.78, 5) is 26.6. The maximum Gasteiger partial charge on any atom is 0.271 e. The number of pyridine rings is 1. The molecule has 2 amide bonds. The molecule has 0 unspecified atom stereocenters. The van der Waals surface area contributed by atoms with Crippen LogP contribution in [0.25, 0.3) is 0 Å². The van der Waals surface area contributed by atoms with Gasteiger partial charge >= 0.3 is 0 Å². The van der Waals surface area contributed by atoms with Crippen molar-refractivity contribution in [3.05, 3.63) is 59.9 Å². The number of hydrogen-bond donors (Lipinski definition) is 2. The standard InChI is InChI=1S/C16H16N4O3/c1-11(19-20-16(22)12-6-8-18-9-7-12)13-4-2-3-5-14(13)23-10-15(17)21/h2-9H,10H2,1H3,(H2,17,21)(H,20,22)/b19-11+. The molecule has 0 fully saturated rings. The predicted octanol–water partition coefficient (Wildman–Crippen LogP) is 1.10. The molecule has 1 aromatic carbocycles. The van der Waals surface area contributed by atoms with Crippen molar-refractivity contribution < 1.29 is 14.3 Å². The highest BCUT2D eigenvalue weighted by Crippen LogP contribution is 2.18. The van der Waals surface area contributed by atoms with E-state index >= 15 is 0 Å². The monoisotopic (exact) mass is 312 g/mol. The van der Waals surface area contributed by atoms with Crippen LogP contribution < -0.4 is 15.9 Å². The summed E-state index contributed by atoms with van der Waals surface area (Å²) in [5.41, 5.74) is 9.18. The number of carbonyl (C=O) groups is 2. The quantitative estimate of drug-likeness (QED) is 0.615. The van der Waals surface area contributed by atoms with Crippen molar-refractivity contribution in [1.29, 1.82) is 0 Å². The minimum Gasteiger partial charge on any atom is -0.483 e. The number of rotatable bonds is 6. The van der Waals surface area contributed by atoms with E-state index < -0.39 is 5.91 Å². The number of amides is 2. The van der Waals surface area contributed by atoms with E-state index in [-0.39, 0.29) is 12.5 Å². The number of hydrazone groups is 1. The summed E-state index contributed by atoms with van der Waals surface area (Å²) in [6.45, 7) is 1.49. The van der Waals surface area contributed by atoms with Crippen molar-refractivity contribution in [2.45, 2.75) is 6.92 Å². The molecule has 23 heavy (non-hydrogen) atoms. The maximum atomic E-state index is 11.9. The zero-order chi connectivity index (χ0) is 16.7. The van der Waals surface area contributed by atoms with Gasteiger partial charge in [0.2, 0.25) is 0 Å². The van der Waals surface area contributed by atoms with E-state index in [1.165, 1.54) is 12.4 Å². The molecule has 0 atom stereocenters. The van der Waals surface area contributed by atoms with Gasteiger partial charge in [-0.25, -0.2) is 5.43 Å². The van der Waals surface area contributed by atoms with E-state index in [0.29, 0.717) is 22.6 Å². The van der Waals surface area contributed by atoms with Gasteiger partial charge in [0.1, 0.15) is 5.75 Å². The second-order valence-corrected chi connectivity index (χ2v) is 4.63. The number of benzene rings is 1. The SMILES string of the molecule is C/C(=N\NC(=O)c1ccncc1)c1ccccc1OCC(N)=O. The van der Waals surface area contributed by atoms with Crippen molar-refractivity contribution in [1.82, 2.24) is 10.4 Å². The number of nitrogens with one attached hydrogen (secondary N) is 1. The summed E-state index contributed by atoms with van der Waals surface area (Å²) >= 11 is 0. The molecule has 7 heteroatoms. The van der Waals surface area contributed by atoms with Gasteiger partial charge in [-0.3, -0.25) is 14.6 Å². The Labute approximate surface area is 133 Å². The number of nitrogens with zero attached hydrogens (tertiary/aromatic N) is 2. The van der Waals surface area contributed by atoms with Crippen molar-refractivity contribution in [2.24, 2.45) is 10.8 Å². The Kier molecular flexibility index (Phi) is 5.40. The minimum absolute atomic E-state index is 0.229. The third kappa shape index (κ3) is 4.63. The average molecular weight is 312 g/mol. The first-order valence-corrected chi connectivity index (χ1v) is 6.83. The van der Waals surface area contributed by atoms with Crippen LogP contribution in [0.4, 0.5) is 0 Å². The molecule has 0 saturated heterocycles. The number of nitrogens with two attached hydrogens (primary N) is 1. The summed E-state index contributed by atoms with van der Waals surface area (Å²) in [5, 5.41) is 4.06. The second kappa shape index (κ2) is 7.69. The smallest absolute Gasteiger partial charge is 0.271 e. The van der Waals surface area contributed by atoms with Crippen LogP contribution in [0.1, 0.15) is 22.8 Å². The molecule has 1 heterocycles. The predicted molar refractivity (Wildman–Crippen MR) is 85.0 cm³/mol. The summed E-state index contributed by atoms with van der Waals surface area (Å²) in [6, 6.07) is 10.2. The molecule has 0 saturated carbocycles. The molecule has 1 aromatic heterocycles. The van der Waals surface area contributed by atoms with Crippen LogP contribution in [0.15, 0.2) is 53.9 Å². The Morgan fingerprint density at radius 2 is 1.91 bits per heavy atom. The first-order chi connectivity index (χ1) is 11.1. The molecule has 0 aliphatic rings. The molecular weight excluding hydrogens is 296 g/mol. The Hall–Kier alpha value is -3.22. The zero-order valence-electron chi connectivity index (χ0n) is 12.5. The number of hydrogen-bond acceptors (Lipinski definition) is 5. The maximum absolute atomic E-state index is 11.9. The fourth-order valence-corrected chi connectivity index (χ4v) is 1.80. The zero-order valence-corrected chi connectivity index (χ0v) is 12.5. The van der Waals surface area contributed by atoms with E-state index in [1.54, 1.807) is 43.3 Å². The lowest BCUT2D eigenvalue weighted by Gasteiger charge is -2.10. The van der Waals surface area contributed by atoms with E-state index in [0.717, 1.165) is 0 Å². The highest BCUT2D eigenvalue weighted by molar-refractivity contribution is 6.02. The van der Waals surface area contributed by atoms with Gasteiger partial charge < -0.3 is 10.5 Å². The van der Waals surface area contributed by atoms with Gasteiger partial charge in [-0.2, -0.15) is 5.10 Å². The molecule has 118 valence electrons. The Morgan fingerprint density at radius 1 is 1.22 bits per heavy atom. The van der Waals surface area contributed by atoms with Crippen LogP contribution in [-0.2, 0) is 4.79 Å². The largest absolute Gasteiger partial charge is 0.483 e. The molecule has 0 spiro atoms. The van der Waals surface area contributed by atoms with E-state index in [2.05, 4.69) is 15.5 Å². The van der Waals surface area contributed by atoms with Crippen molar-refractivity contribution in [3.63, 3.8) is 0 Å². The topological polar surface area (TPSA) is 107 Å². The van der Waals surface area contributed by atoms with Crippen LogP contribution in [0.3, 0.4) is 0 Å². The lowest BCUT2D eigenvalue weighted by Crippen LogP contribution is -2.21. The molecular formula is C16H16N4O3. The van der Waals surface area contributed by atoms with Crippen molar-refractivity contribution in [2.75, 3.05) is 6.61 Å². The summed E-state index contributed by atoms with van der Waals surface area (Å²) in [6.07, 6.45) is 3.05. The van der Waals surface area contributed by atoms with Gasteiger partial charge in [0, 0.05) is 23.5 Å². The van der Waals surface area contributed by atoms with Crippen LogP contribution >= 0.6 is 0 Å². The van der Waals surface area contributed by atoms with Crippen LogP contribution in [0.2, 0.25) is 0 Å². The normalized spacial score (nSPS) is 10.9. The van der Waals surface area contributed by atoms with Gasteiger partial charge in [-0.15, -0.1) is 0 Å². The molecule has 0 aliphatic heterocycles. The lowest BCUT2D eigenvalue weighted by atomic mass is 10.1. The molecule has 7 nitrogen and oxygen atoms in total. The van der Waals surface area contributed by atoms with Crippen LogP contribution in [0, 0.1) is 0 Å². The fourth-order valence-electron chi connectivity index (χ4n) is 1.80. The highest BCUT2D eigenvalue weighted by Gasteiger charge is 2.09. The summed E-state index contributed by atoms with van der Waals surface area (Å²) in [7, 11) is 0. The highest BCUT2D eigenvalue weighted by atomic mass is 16.5. The second-order valence-electron chi connectivity index (χ2n) is 4.63. The van der Waals surface area contributed by atoms with Gasteiger partial charge in [0.25, 0.3) is 11.8 Å². The molecule has 0 radical (unpaired) electrons. The van der Waals surface area contributed by atoms with Gasteiger partial charge in [-0.05, 0) is 31.2 Å². The molecule has 2 rings (SSSR count). The third-order valence-electron chi connectivity index (χ3n) is 2.91. The molecule has 2 aromatic rings. The third-order valence-corrected chi connectivity index (χ3v) is 2.91. The van der Waals surface area contributed by atoms with E-state index in [4.69, 9.17) is 10.5 Å². The van der Waals surface area contributed by atoms with Crippen LogP contribution in [0.5, 0.6) is 5.75 Å². The number of aromatic nitrogens is 1. The number of primary amides is 1. The number of ether oxygens (including phenoxy) is 1.